The Kier molecular flexibility index (Phi) is 6.17. The van der Waals surface area contributed by atoms with Crippen molar-refractivity contribution in [3.05, 3.63) is 64.7 Å². The molecule has 0 aromatic heterocycles. The minimum atomic E-state index is -0.716. The molecule has 0 bridgehead atoms. The Balaban J connectivity index is 1.95. The Bertz CT molecular complexity index is 747. The average molecular weight is 374 g/mol. The SMILES string of the molecule is CCOc1ccc(C(c2cccc(Cl)c2)N2CCCC(C(=O)O)C2)cc1. The Morgan fingerprint density at radius 2 is 2.04 bits per heavy atom. The van der Waals surface area contributed by atoms with Crippen molar-refractivity contribution in [1.29, 1.82) is 0 Å². The molecule has 0 aliphatic carbocycles. The smallest absolute Gasteiger partial charge is 0.307 e. The molecule has 26 heavy (non-hydrogen) atoms. The number of hydrogen-bond acceptors (Lipinski definition) is 3. The summed E-state index contributed by atoms with van der Waals surface area (Å²) in [5, 5.41) is 10.1. The maximum absolute atomic E-state index is 11.5. The van der Waals surface area contributed by atoms with Crippen molar-refractivity contribution < 1.29 is 14.6 Å². The summed E-state index contributed by atoms with van der Waals surface area (Å²) in [6.07, 6.45) is 1.61. The second-order valence-corrected chi connectivity index (χ2v) is 7.07. The fraction of sp³-hybridized carbons (Fsp3) is 0.381. The van der Waals surface area contributed by atoms with E-state index in [1.165, 1.54) is 0 Å². The lowest BCUT2D eigenvalue weighted by Gasteiger charge is -2.37. The number of likely N-dealkylation sites (tertiary alicyclic amines) is 1. The molecule has 0 amide bonds. The first-order chi connectivity index (χ1) is 12.6. The molecular formula is C21H24ClNO3. The van der Waals surface area contributed by atoms with E-state index >= 15 is 0 Å². The molecule has 2 atom stereocenters. The van der Waals surface area contributed by atoms with E-state index in [0.29, 0.717) is 18.2 Å². The largest absolute Gasteiger partial charge is 0.494 e. The maximum atomic E-state index is 11.5. The van der Waals surface area contributed by atoms with Gasteiger partial charge in [0.15, 0.2) is 0 Å². The van der Waals surface area contributed by atoms with Crippen molar-refractivity contribution in [2.75, 3.05) is 19.7 Å². The molecule has 3 rings (SSSR count). The molecule has 0 saturated carbocycles. The van der Waals surface area contributed by atoms with E-state index in [2.05, 4.69) is 23.1 Å². The molecule has 4 nitrogen and oxygen atoms in total. The standard InChI is InChI=1S/C21H24ClNO3/c1-2-26-19-10-8-15(9-11-19)20(16-5-3-7-18(22)13-16)23-12-4-6-17(14-23)21(24)25/h3,5,7-11,13,17,20H,2,4,6,12,14H2,1H3,(H,24,25). The molecule has 0 radical (unpaired) electrons. The molecule has 1 aliphatic rings. The summed E-state index contributed by atoms with van der Waals surface area (Å²) >= 11 is 6.23. The van der Waals surface area contributed by atoms with E-state index in [1.807, 2.05) is 37.3 Å². The molecule has 138 valence electrons. The van der Waals surface area contributed by atoms with Crippen molar-refractivity contribution in [1.82, 2.24) is 4.90 Å². The summed E-state index contributed by atoms with van der Waals surface area (Å²) in [5.74, 6) is -0.206. The minimum absolute atomic E-state index is 0.0217. The van der Waals surface area contributed by atoms with Gasteiger partial charge in [0.2, 0.25) is 0 Å². The minimum Gasteiger partial charge on any atom is -0.494 e. The zero-order chi connectivity index (χ0) is 18.5. The Labute approximate surface area is 159 Å². The number of carbonyl (C=O) groups is 1. The average Bonchev–Trinajstić information content (AvgIpc) is 2.64. The first-order valence-electron chi connectivity index (χ1n) is 9.03. The third-order valence-corrected chi connectivity index (χ3v) is 5.07. The van der Waals surface area contributed by atoms with Crippen molar-refractivity contribution in [2.24, 2.45) is 5.92 Å². The van der Waals surface area contributed by atoms with Crippen LogP contribution in [0.25, 0.3) is 0 Å². The van der Waals surface area contributed by atoms with Crippen molar-refractivity contribution in [2.45, 2.75) is 25.8 Å². The number of carboxylic acids is 1. The Morgan fingerprint density at radius 1 is 1.27 bits per heavy atom. The molecule has 1 fully saturated rings. The molecule has 2 aromatic rings. The van der Waals surface area contributed by atoms with Gasteiger partial charge in [-0.25, -0.2) is 0 Å². The topological polar surface area (TPSA) is 49.8 Å². The van der Waals surface area contributed by atoms with Gasteiger partial charge in [0.1, 0.15) is 5.75 Å². The van der Waals surface area contributed by atoms with Crippen LogP contribution in [0.2, 0.25) is 5.02 Å². The summed E-state index contributed by atoms with van der Waals surface area (Å²) in [5.41, 5.74) is 2.19. The van der Waals surface area contributed by atoms with Gasteiger partial charge in [0.25, 0.3) is 0 Å². The van der Waals surface area contributed by atoms with Crippen LogP contribution < -0.4 is 4.74 Å². The quantitative estimate of drug-likeness (QED) is 0.802. The van der Waals surface area contributed by atoms with Crippen molar-refractivity contribution >= 4 is 17.6 Å². The summed E-state index contributed by atoms with van der Waals surface area (Å²) in [6.45, 7) is 4.00. The molecule has 1 heterocycles. The van der Waals surface area contributed by atoms with Gasteiger partial charge in [-0.1, -0.05) is 35.9 Å². The highest BCUT2D eigenvalue weighted by Crippen LogP contribution is 2.34. The monoisotopic (exact) mass is 373 g/mol. The highest BCUT2D eigenvalue weighted by atomic mass is 35.5. The Hall–Kier alpha value is -2.04. The van der Waals surface area contributed by atoms with Crippen LogP contribution in [-0.4, -0.2) is 35.7 Å². The van der Waals surface area contributed by atoms with Gasteiger partial charge in [-0.15, -0.1) is 0 Å². The van der Waals surface area contributed by atoms with Gasteiger partial charge < -0.3 is 9.84 Å². The lowest BCUT2D eigenvalue weighted by atomic mass is 9.91. The van der Waals surface area contributed by atoms with E-state index in [-0.39, 0.29) is 12.0 Å². The lowest BCUT2D eigenvalue weighted by molar-refractivity contribution is -0.143. The van der Waals surface area contributed by atoms with Gasteiger partial charge >= 0.3 is 5.97 Å². The first-order valence-corrected chi connectivity index (χ1v) is 9.41. The second kappa shape index (κ2) is 8.56. The van der Waals surface area contributed by atoms with Crippen molar-refractivity contribution in [3.63, 3.8) is 0 Å². The number of hydrogen-bond donors (Lipinski definition) is 1. The van der Waals surface area contributed by atoms with E-state index < -0.39 is 5.97 Å². The van der Waals surface area contributed by atoms with E-state index in [0.717, 1.165) is 36.3 Å². The summed E-state index contributed by atoms with van der Waals surface area (Å²) in [6, 6.07) is 15.8. The number of piperidine rings is 1. The number of nitrogens with zero attached hydrogens (tertiary/aromatic N) is 1. The van der Waals surface area contributed by atoms with Gasteiger partial charge in [0, 0.05) is 11.6 Å². The van der Waals surface area contributed by atoms with Gasteiger partial charge in [-0.3, -0.25) is 9.69 Å². The predicted molar refractivity (Wildman–Crippen MR) is 103 cm³/mol. The molecule has 2 aromatic carbocycles. The third-order valence-electron chi connectivity index (χ3n) is 4.84. The van der Waals surface area contributed by atoms with Crippen LogP contribution in [0, 0.1) is 5.92 Å². The number of rotatable bonds is 6. The number of aliphatic carboxylic acids is 1. The second-order valence-electron chi connectivity index (χ2n) is 6.63. The van der Waals surface area contributed by atoms with Crippen LogP contribution in [0.4, 0.5) is 0 Å². The van der Waals surface area contributed by atoms with Gasteiger partial charge in [0.05, 0.1) is 18.6 Å². The zero-order valence-corrected chi connectivity index (χ0v) is 15.7. The maximum Gasteiger partial charge on any atom is 0.307 e. The normalized spacial score (nSPS) is 19.1. The highest BCUT2D eigenvalue weighted by Gasteiger charge is 2.31. The Morgan fingerprint density at radius 3 is 2.69 bits per heavy atom. The van der Waals surface area contributed by atoms with Crippen LogP contribution in [0.5, 0.6) is 5.75 Å². The zero-order valence-electron chi connectivity index (χ0n) is 14.9. The molecule has 1 aliphatic heterocycles. The van der Waals surface area contributed by atoms with E-state index in [9.17, 15) is 9.90 Å². The summed E-state index contributed by atoms with van der Waals surface area (Å²) in [7, 11) is 0. The molecular weight excluding hydrogens is 350 g/mol. The van der Waals surface area contributed by atoms with Crippen LogP contribution in [0.3, 0.4) is 0 Å². The van der Waals surface area contributed by atoms with Crippen LogP contribution in [0.1, 0.15) is 36.9 Å². The van der Waals surface area contributed by atoms with Gasteiger partial charge in [-0.2, -0.15) is 0 Å². The molecule has 0 spiro atoms. The number of halogens is 1. The molecule has 1 saturated heterocycles. The van der Waals surface area contributed by atoms with Crippen LogP contribution in [-0.2, 0) is 4.79 Å². The van der Waals surface area contributed by atoms with E-state index in [1.54, 1.807) is 0 Å². The fourth-order valence-electron chi connectivity index (χ4n) is 3.65. The third kappa shape index (κ3) is 4.37. The number of benzene rings is 2. The van der Waals surface area contributed by atoms with Crippen LogP contribution >= 0.6 is 11.6 Å². The fourth-order valence-corrected chi connectivity index (χ4v) is 3.85. The molecule has 2 unspecified atom stereocenters. The predicted octanol–water partition coefficient (Wildman–Crippen LogP) is 4.62. The summed E-state index contributed by atoms with van der Waals surface area (Å²) in [4.78, 5) is 13.8. The number of carboxylic acid groups (broad SMARTS) is 1. The number of ether oxygens (including phenoxy) is 1. The lowest BCUT2D eigenvalue weighted by Crippen LogP contribution is -2.41. The first kappa shape index (κ1) is 18.7. The van der Waals surface area contributed by atoms with E-state index in [4.69, 9.17) is 16.3 Å². The van der Waals surface area contributed by atoms with Crippen molar-refractivity contribution in [3.8, 4) is 5.75 Å². The highest BCUT2D eigenvalue weighted by molar-refractivity contribution is 6.30. The summed E-state index contributed by atoms with van der Waals surface area (Å²) < 4.78 is 5.55. The van der Waals surface area contributed by atoms with Crippen LogP contribution in [0.15, 0.2) is 48.5 Å². The van der Waals surface area contributed by atoms with Gasteiger partial charge in [-0.05, 0) is 61.7 Å². The molecule has 5 heteroatoms. The molecule has 1 N–H and O–H groups in total.